The van der Waals surface area contributed by atoms with E-state index >= 15 is 0 Å². The number of ether oxygens (including phenoxy) is 3. The van der Waals surface area contributed by atoms with Crippen molar-refractivity contribution in [1.29, 1.82) is 0 Å². The molecule has 0 saturated carbocycles. The zero-order valence-corrected chi connectivity index (χ0v) is 16.6. The molecule has 2 aromatic carbocycles. The number of carbonyl (C=O) groups excluding carboxylic acids is 1. The summed E-state index contributed by atoms with van der Waals surface area (Å²) in [6.07, 6.45) is 2.69. The van der Waals surface area contributed by atoms with E-state index in [1.54, 1.807) is 21.3 Å². The molecule has 29 heavy (non-hydrogen) atoms. The van der Waals surface area contributed by atoms with Crippen LogP contribution < -0.4 is 9.47 Å². The molecule has 0 N–H and O–H groups in total. The molecule has 2 bridgehead atoms. The van der Waals surface area contributed by atoms with E-state index in [1.807, 2.05) is 35.2 Å². The van der Waals surface area contributed by atoms with Crippen LogP contribution in [-0.2, 0) is 22.5 Å². The molecular weight excluding hydrogens is 368 g/mol. The Morgan fingerprint density at radius 3 is 2.69 bits per heavy atom. The Hall–Kier alpha value is -3.28. The first-order valence-electron chi connectivity index (χ1n) is 9.57. The smallest absolute Gasteiger partial charge is 0.256 e. The highest BCUT2D eigenvalue weighted by Gasteiger charge is 2.58. The molecule has 6 heteroatoms. The third kappa shape index (κ3) is 2.41. The number of methoxy groups -OCH3 is 3. The van der Waals surface area contributed by atoms with Crippen molar-refractivity contribution >= 4 is 17.4 Å². The van der Waals surface area contributed by atoms with Crippen LogP contribution in [0.25, 0.3) is 5.57 Å². The van der Waals surface area contributed by atoms with Crippen LogP contribution >= 0.6 is 0 Å². The molecule has 0 fully saturated rings. The Balaban J connectivity index is 1.57. The minimum atomic E-state index is -0.927. The summed E-state index contributed by atoms with van der Waals surface area (Å²) in [6.45, 7) is 0.404. The lowest BCUT2D eigenvalue weighted by Crippen LogP contribution is -2.61. The van der Waals surface area contributed by atoms with E-state index in [1.165, 1.54) is 0 Å². The largest absolute Gasteiger partial charge is 0.497 e. The van der Waals surface area contributed by atoms with Gasteiger partial charge in [-0.15, -0.1) is 0 Å². The van der Waals surface area contributed by atoms with Crippen molar-refractivity contribution in [3.63, 3.8) is 0 Å². The van der Waals surface area contributed by atoms with Crippen molar-refractivity contribution in [3.8, 4) is 11.5 Å². The topological polar surface area (TPSA) is 60.4 Å². The van der Waals surface area contributed by atoms with Crippen LogP contribution in [0.15, 0.2) is 53.5 Å². The molecule has 148 valence electrons. The molecule has 3 heterocycles. The van der Waals surface area contributed by atoms with Crippen LogP contribution in [0.1, 0.15) is 16.7 Å². The van der Waals surface area contributed by atoms with Gasteiger partial charge in [-0.3, -0.25) is 4.79 Å². The SMILES string of the molecule is COC1=NC23Cc4ccccc4C2=CC1N(Cc1ccc(OC)cc1OC)C3=O. The number of nitrogens with zero attached hydrogens (tertiary/aromatic N) is 2. The van der Waals surface area contributed by atoms with Crippen LogP contribution in [0.2, 0.25) is 0 Å². The van der Waals surface area contributed by atoms with Gasteiger partial charge in [-0.1, -0.05) is 24.3 Å². The Bertz CT molecular complexity index is 1070. The average molecular weight is 390 g/mol. The van der Waals surface area contributed by atoms with Gasteiger partial charge in [-0.05, 0) is 34.9 Å². The Morgan fingerprint density at radius 2 is 1.93 bits per heavy atom. The van der Waals surface area contributed by atoms with Gasteiger partial charge >= 0.3 is 0 Å². The molecule has 2 unspecified atom stereocenters. The molecular formula is C23H22N2O4. The summed E-state index contributed by atoms with van der Waals surface area (Å²) in [7, 11) is 4.85. The van der Waals surface area contributed by atoms with E-state index in [0.717, 1.165) is 22.3 Å². The van der Waals surface area contributed by atoms with E-state index in [-0.39, 0.29) is 11.9 Å². The monoisotopic (exact) mass is 390 g/mol. The zero-order valence-electron chi connectivity index (χ0n) is 16.6. The van der Waals surface area contributed by atoms with E-state index in [0.29, 0.717) is 30.4 Å². The fourth-order valence-electron chi connectivity index (χ4n) is 4.67. The third-order valence-corrected chi connectivity index (χ3v) is 6.07. The molecule has 1 amide bonds. The van der Waals surface area contributed by atoms with Crippen LogP contribution in [0.3, 0.4) is 0 Å². The number of aliphatic imine (C=N–C) groups is 1. The van der Waals surface area contributed by atoms with E-state index < -0.39 is 5.54 Å². The first-order chi connectivity index (χ1) is 14.1. The van der Waals surface area contributed by atoms with Gasteiger partial charge in [0.1, 0.15) is 17.5 Å². The summed E-state index contributed by atoms with van der Waals surface area (Å²) < 4.78 is 16.4. The quantitative estimate of drug-likeness (QED) is 0.806. The van der Waals surface area contributed by atoms with Gasteiger partial charge < -0.3 is 19.1 Å². The van der Waals surface area contributed by atoms with Crippen molar-refractivity contribution < 1.29 is 19.0 Å². The van der Waals surface area contributed by atoms with Crippen molar-refractivity contribution in [2.24, 2.45) is 4.99 Å². The summed E-state index contributed by atoms with van der Waals surface area (Å²) >= 11 is 0. The van der Waals surface area contributed by atoms with E-state index in [2.05, 4.69) is 18.2 Å². The Morgan fingerprint density at radius 1 is 1.10 bits per heavy atom. The summed E-state index contributed by atoms with van der Waals surface area (Å²) in [4.78, 5) is 20.3. The lowest BCUT2D eigenvalue weighted by molar-refractivity contribution is -0.137. The fraction of sp³-hybridized carbons (Fsp3) is 0.304. The number of rotatable bonds is 4. The highest BCUT2D eigenvalue weighted by Crippen LogP contribution is 2.50. The van der Waals surface area contributed by atoms with Gasteiger partial charge in [0.25, 0.3) is 5.91 Å². The van der Waals surface area contributed by atoms with Gasteiger partial charge in [0, 0.05) is 18.1 Å². The molecule has 6 nitrogen and oxygen atoms in total. The highest BCUT2D eigenvalue weighted by molar-refractivity contribution is 6.13. The molecule has 4 aliphatic rings. The predicted molar refractivity (Wildman–Crippen MR) is 109 cm³/mol. The van der Waals surface area contributed by atoms with Crippen LogP contribution in [0.4, 0.5) is 0 Å². The lowest BCUT2D eigenvalue weighted by atomic mass is 9.80. The van der Waals surface area contributed by atoms with Gasteiger partial charge in [-0.25, -0.2) is 4.99 Å². The molecule has 2 aromatic rings. The predicted octanol–water partition coefficient (Wildman–Crippen LogP) is 2.85. The van der Waals surface area contributed by atoms with Gasteiger partial charge in [0.2, 0.25) is 5.90 Å². The third-order valence-electron chi connectivity index (χ3n) is 6.07. The Kier molecular flexibility index (Phi) is 3.91. The number of dihydropyridines is 1. The van der Waals surface area contributed by atoms with Crippen LogP contribution in [0, 0.1) is 0 Å². The molecule has 0 aromatic heterocycles. The molecule has 2 atom stereocenters. The van der Waals surface area contributed by atoms with Gasteiger partial charge in [0.15, 0.2) is 5.54 Å². The molecule has 0 radical (unpaired) electrons. The second-order valence-corrected chi connectivity index (χ2v) is 7.48. The summed E-state index contributed by atoms with van der Waals surface area (Å²) in [5, 5.41) is 0. The second kappa shape index (κ2) is 6.37. The molecule has 0 saturated heterocycles. The standard InChI is InChI=1S/C23H22N2O4/c1-27-16-9-8-15(20(10-16)28-2)13-25-19-11-18-17-7-5-4-6-14(17)12-23(18,22(25)26)24-21(19)29-3/h4-11,19H,12-13H2,1-3H3. The maximum atomic E-state index is 13.7. The van der Waals surface area contributed by atoms with E-state index in [9.17, 15) is 4.79 Å². The molecule has 6 rings (SSSR count). The molecule has 1 spiro atoms. The zero-order chi connectivity index (χ0) is 20.2. The summed E-state index contributed by atoms with van der Waals surface area (Å²) in [5.41, 5.74) is 3.25. The van der Waals surface area contributed by atoms with Crippen molar-refractivity contribution in [3.05, 3.63) is 65.2 Å². The second-order valence-electron chi connectivity index (χ2n) is 7.48. The average Bonchev–Trinajstić information content (AvgIpc) is 3.10. The first kappa shape index (κ1) is 17.8. The first-order valence-corrected chi connectivity index (χ1v) is 9.57. The maximum Gasteiger partial charge on any atom is 0.256 e. The molecule has 1 aliphatic carbocycles. The fourth-order valence-corrected chi connectivity index (χ4v) is 4.67. The number of hydrogen-bond donors (Lipinski definition) is 0. The molecule has 3 aliphatic heterocycles. The number of carbonyl (C=O) groups is 1. The van der Waals surface area contributed by atoms with Crippen molar-refractivity contribution in [2.75, 3.05) is 21.3 Å². The van der Waals surface area contributed by atoms with Gasteiger partial charge in [0.05, 0.1) is 27.9 Å². The highest BCUT2D eigenvalue weighted by atomic mass is 16.5. The number of benzene rings is 2. The van der Waals surface area contributed by atoms with Crippen molar-refractivity contribution in [2.45, 2.75) is 24.5 Å². The Labute approximate surface area is 169 Å². The normalized spacial score (nSPS) is 23.9. The number of amides is 1. The summed E-state index contributed by atoms with van der Waals surface area (Å²) in [6, 6.07) is 13.5. The van der Waals surface area contributed by atoms with Crippen LogP contribution in [-0.4, -0.2) is 49.6 Å². The maximum absolute atomic E-state index is 13.7. The lowest BCUT2D eigenvalue weighted by Gasteiger charge is -2.46. The van der Waals surface area contributed by atoms with E-state index in [4.69, 9.17) is 19.2 Å². The van der Waals surface area contributed by atoms with Crippen LogP contribution in [0.5, 0.6) is 11.5 Å². The number of hydrogen-bond acceptors (Lipinski definition) is 5. The summed E-state index contributed by atoms with van der Waals surface area (Å²) in [5.74, 6) is 1.98. The minimum absolute atomic E-state index is 0.00914. The van der Waals surface area contributed by atoms with Gasteiger partial charge in [-0.2, -0.15) is 0 Å². The van der Waals surface area contributed by atoms with Crippen molar-refractivity contribution in [1.82, 2.24) is 4.90 Å². The number of fused-ring (bicyclic) bond motifs is 2. The minimum Gasteiger partial charge on any atom is -0.497 e.